The minimum atomic E-state index is -1.02. The van der Waals surface area contributed by atoms with Crippen LogP contribution < -0.4 is 14.8 Å². The lowest BCUT2D eigenvalue weighted by molar-refractivity contribution is 0.0702. The molecule has 0 aliphatic carbocycles. The number of ether oxygens (including phenoxy) is 2. The molecule has 0 bridgehead atoms. The topological polar surface area (TPSA) is 84.9 Å². The molecule has 0 fully saturated rings. The predicted octanol–water partition coefficient (Wildman–Crippen LogP) is 2.43. The van der Waals surface area contributed by atoms with E-state index in [0.29, 0.717) is 22.1 Å². The molecule has 0 atom stereocenters. The van der Waals surface area contributed by atoms with Gasteiger partial charge in [-0.15, -0.1) is 11.3 Å². The van der Waals surface area contributed by atoms with Crippen molar-refractivity contribution in [1.29, 1.82) is 0 Å². The molecular formula is C13H9NO5S. The number of hydrogen-bond donors (Lipinski definition) is 2. The Kier molecular flexibility index (Phi) is 3.03. The number of benzene rings is 1. The lowest BCUT2D eigenvalue weighted by Gasteiger charge is -2.03. The third kappa shape index (κ3) is 2.30. The van der Waals surface area contributed by atoms with Gasteiger partial charge in [-0.25, -0.2) is 4.79 Å². The zero-order chi connectivity index (χ0) is 14.1. The Hall–Kier alpha value is -2.54. The Morgan fingerprint density at radius 3 is 2.70 bits per heavy atom. The van der Waals surface area contributed by atoms with Crippen LogP contribution in [0.3, 0.4) is 0 Å². The van der Waals surface area contributed by atoms with E-state index >= 15 is 0 Å². The summed E-state index contributed by atoms with van der Waals surface area (Å²) in [7, 11) is 0. The van der Waals surface area contributed by atoms with Crippen LogP contribution in [0.25, 0.3) is 0 Å². The average molecular weight is 291 g/mol. The number of thiophene rings is 1. The molecule has 2 N–H and O–H groups in total. The molecule has 1 aliphatic heterocycles. The quantitative estimate of drug-likeness (QED) is 0.907. The number of rotatable bonds is 3. The Bertz CT molecular complexity index is 694. The van der Waals surface area contributed by atoms with Gasteiger partial charge in [-0.3, -0.25) is 4.79 Å². The molecule has 6 nitrogen and oxygen atoms in total. The second-order valence-corrected chi connectivity index (χ2v) is 5.07. The smallest absolute Gasteiger partial charge is 0.345 e. The van der Waals surface area contributed by atoms with Gasteiger partial charge in [0.25, 0.3) is 5.91 Å². The first-order valence-corrected chi connectivity index (χ1v) is 6.49. The first-order chi connectivity index (χ1) is 9.63. The average Bonchev–Trinajstić information content (AvgIpc) is 3.05. The molecule has 0 unspecified atom stereocenters. The molecule has 1 aliphatic rings. The number of amides is 1. The molecule has 7 heteroatoms. The van der Waals surface area contributed by atoms with Crippen LogP contribution in [-0.4, -0.2) is 23.8 Å². The molecule has 1 aromatic carbocycles. The Labute approximate surface area is 117 Å². The van der Waals surface area contributed by atoms with Crippen LogP contribution in [0.2, 0.25) is 0 Å². The molecule has 1 amide bonds. The third-order valence-electron chi connectivity index (χ3n) is 2.69. The number of anilines is 1. The summed E-state index contributed by atoms with van der Waals surface area (Å²) in [5.41, 5.74) is 0.416. The van der Waals surface area contributed by atoms with Gasteiger partial charge in [0.1, 0.15) is 4.88 Å². The SMILES string of the molecule is O=C(Nc1ccc(C(=O)O)s1)c1ccc2c(c1)OCO2. The first kappa shape index (κ1) is 12.5. The highest BCUT2D eigenvalue weighted by Crippen LogP contribution is 2.33. The van der Waals surface area contributed by atoms with Crippen LogP contribution in [0.5, 0.6) is 11.5 Å². The van der Waals surface area contributed by atoms with E-state index in [1.165, 1.54) is 6.07 Å². The number of aromatic carboxylic acids is 1. The highest BCUT2D eigenvalue weighted by atomic mass is 32.1. The van der Waals surface area contributed by atoms with Gasteiger partial charge in [0.15, 0.2) is 11.5 Å². The molecule has 0 saturated carbocycles. The highest BCUT2D eigenvalue weighted by molar-refractivity contribution is 7.18. The van der Waals surface area contributed by atoms with E-state index in [1.807, 2.05) is 0 Å². The van der Waals surface area contributed by atoms with Crippen LogP contribution in [0.1, 0.15) is 20.0 Å². The molecule has 0 saturated heterocycles. The molecule has 2 aromatic rings. The van der Waals surface area contributed by atoms with E-state index in [2.05, 4.69) is 5.32 Å². The zero-order valence-corrected chi connectivity index (χ0v) is 10.9. The van der Waals surface area contributed by atoms with Crippen molar-refractivity contribution < 1.29 is 24.2 Å². The molecule has 0 radical (unpaired) electrons. The second-order valence-electron chi connectivity index (χ2n) is 3.99. The number of carbonyl (C=O) groups excluding carboxylic acids is 1. The van der Waals surface area contributed by atoms with Crippen molar-refractivity contribution in [2.75, 3.05) is 12.1 Å². The summed E-state index contributed by atoms with van der Waals surface area (Å²) >= 11 is 1.00. The summed E-state index contributed by atoms with van der Waals surface area (Å²) < 4.78 is 10.4. The van der Waals surface area contributed by atoms with Crippen molar-refractivity contribution >= 4 is 28.2 Å². The van der Waals surface area contributed by atoms with Gasteiger partial charge in [-0.2, -0.15) is 0 Å². The van der Waals surface area contributed by atoms with Crippen LogP contribution in [-0.2, 0) is 0 Å². The van der Waals surface area contributed by atoms with Crippen molar-refractivity contribution in [3.63, 3.8) is 0 Å². The molecule has 0 spiro atoms. The molecule has 2 heterocycles. The Balaban J connectivity index is 1.77. The lowest BCUT2D eigenvalue weighted by atomic mass is 10.2. The molecular weight excluding hydrogens is 282 g/mol. The molecule has 3 rings (SSSR count). The van der Waals surface area contributed by atoms with E-state index in [9.17, 15) is 9.59 Å². The molecule has 1 aromatic heterocycles. The normalized spacial score (nSPS) is 12.2. The maximum absolute atomic E-state index is 12.0. The van der Waals surface area contributed by atoms with Gasteiger partial charge in [0.2, 0.25) is 6.79 Å². The van der Waals surface area contributed by atoms with Gasteiger partial charge >= 0.3 is 5.97 Å². The fraction of sp³-hybridized carbons (Fsp3) is 0.0769. The fourth-order valence-corrected chi connectivity index (χ4v) is 2.48. The minimum Gasteiger partial charge on any atom is -0.477 e. The number of hydrogen-bond acceptors (Lipinski definition) is 5. The van der Waals surface area contributed by atoms with Crippen LogP contribution in [0.15, 0.2) is 30.3 Å². The second kappa shape index (κ2) is 4.86. The standard InChI is InChI=1S/C13H9NO5S/c15-12(14-11-4-3-10(20-11)13(16)17)7-1-2-8-9(5-7)19-6-18-8/h1-5H,6H2,(H,14,15)(H,16,17). The van der Waals surface area contributed by atoms with Crippen LogP contribution in [0, 0.1) is 0 Å². The maximum atomic E-state index is 12.0. The zero-order valence-electron chi connectivity index (χ0n) is 10.1. The molecule has 20 heavy (non-hydrogen) atoms. The highest BCUT2D eigenvalue weighted by Gasteiger charge is 2.17. The Morgan fingerprint density at radius 2 is 1.95 bits per heavy atom. The van der Waals surface area contributed by atoms with E-state index < -0.39 is 5.97 Å². The van der Waals surface area contributed by atoms with E-state index in [-0.39, 0.29) is 17.6 Å². The van der Waals surface area contributed by atoms with E-state index in [0.717, 1.165) is 11.3 Å². The third-order valence-corrected chi connectivity index (χ3v) is 3.68. The number of nitrogens with one attached hydrogen (secondary N) is 1. The van der Waals surface area contributed by atoms with Crippen molar-refractivity contribution in [2.24, 2.45) is 0 Å². The first-order valence-electron chi connectivity index (χ1n) is 5.67. The Morgan fingerprint density at radius 1 is 1.15 bits per heavy atom. The van der Waals surface area contributed by atoms with Gasteiger partial charge < -0.3 is 19.9 Å². The maximum Gasteiger partial charge on any atom is 0.345 e. The van der Waals surface area contributed by atoms with E-state index in [4.69, 9.17) is 14.6 Å². The summed E-state index contributed by atoms with van der Waals surface area (Å²) in [6.45, 7) is 0.146. The van der Waals surface area contributed by atoms with Gasteiger partial charge in [-0.05, 0) is 30.3 Å². The summed E-state index contributed by atoms with van der Waals surface area (Å²) in [6.07, 6.45) is 0. The van der Waals surface area contributed by atoms with Gasteiger partial charge in [0.05, 0.1) is 5.00 Å². The fourth-order valence-electron chi connectivity index (χ4n) is 1.74. The summed E-state index contributed by atoms with van der Waals surface area (Å²) in [4.78, 5) is 23.0. The van der Waals surface area contributed by atoms with E-state index in [1.54, 1.807) is 24.3 Å². The van der Waals surface area contributed by atoms with Crippen molar-refractivity contribution in [3.8, 4) is 11.5 Å². The monoisotopic (exact) mass is 291 g/mol. The lowest BCUT2D eigenvalue weighted by Crippen LogP contribution is -2.10. The number of carboxylic acid groups (broad SMARTS) is 1. The summed E-state index contributed by atoms with van der Waals surface area (Å²) in [5, 5.41) is 11.9. The number of carbonyl (C=O) groups is 2. The van der Waals surface area contributed by atoms with Gasteiger partial charge in [0, 0.05) is 5.56 Å². The summed E-state index contributed by atoms with van der Waals surface area (Å²) in [6, 6.07) is 7.87. The van der Waals surface area contributed by atoms with Crippen molar-refractivity contribution in [1.82, 2.24) is 0 Å². The van der Waals surface area contributed by atoms with Crippen LogP contribution >= 0.6 is 11.3 Å². The largest absolute Gasteiger partial charge is 0.477 e. The number of fused-ring (bicyclic) bond motifs is 1. The van der Waals surface area contributed by atoms with Crippen molar-refractivity contribution in [3.05, 3.63) is 40.8 Å². The minimum absolute atomic E-state index is 0.146. The predicted molar refractivity (Wildman–Crippen MR) is 71.8 cm³/mol. The van der Waals surface area contributed by atoms with Crippen molar-refractivity contribution in [2.45, 2.75) is 0 Å². The van der Waals surface area contributed by atoms with Gasteiger partial charge in [-0.1, -0.05) is 0 Å². The molecule has 102 valence electrons. The summed E-state index contributed by atoms with van der Waals surface area (Å²) in [5.74, 6) is -0.221. The number of carboxylic acids is 1. The van der Waals surface area contributed by atoms with Crippen LogP contribution in [0.4, 0.5) is 5.00 Å².